The molecular formula is C19H32FIN4O2S. The molecule has 28 heavy (non-hydrogen) atoms. The van der Waals surface area contributed by atoms with Gasteiger partial charge in [0.25, 0.3) is 0 Å². The van der Waals surface area contributed by atoms with Gasteiger partial charge >= 0.3 is 6.03 Å². The molecule has 0 radical (unpaired) electrons. The zero-order chi connectivity index (χ0) is 20.9. The van der Waals surface area contributed by atoms with Crippen molar-refractivity contribution in [2.75, 3.05) is 39.0 Å². The number of carbonyl (C=O) groups excluding carboxylic acids is 2. The van der Waals surface area contributed by atoms with Crippen molar-refractivity contribution in [3.63, 3.8) is 0 Å². The first kappa shape index (κ1) is 23.9. The Kier molecular flexibility index (Phi) is 9.00. The minimum atomic E-state index is -1.08. The van der Waals surface area contributed by atoms with Crippen LogP contribution >= 0.6 is 34.4 Å². The topological polar surface area (TPSA) is 65.0 Å². The number of piperidine rings is 1. The highest BCUT2D eigenvalue weighted by Crippen LogP contribution is 2.26. The second-order valence-electron chi connectivity index (χ2n) is 8.32. The van der Waals surface area contributed by atoms with Gasteiger partial charge in [-0.05, 0) is 26.2 Å². The van der Waals surface area contributed by atoms with Crippen molar-refractivity contribution in [1.82, 2.24) is 15.1 Å². The maximum Gasteiger partial charge on any atom is 0.317 e. The number of likely N-dealkylation sites (N-methyl/N-ethyl adjacent to an activating group) is 1. The van der Waals surface area contributed by atoms with E-state index >= 15 is 0 Å². The van der Waals surface area contributed by atoms with Gasteiger partial charge in [-0.2, -0.15) is 0 Å². The van der Waals surface area contributed by atoms with Crippen molar-refractivity contribution in [3.05, 3.63) is 0 Å². The number of likely N-dealkylation sites (tertiary alicyclic amines) is 1. The van der Waals surface area contributed by atoms with Gasteiger partial charge in [0.15, 0.2) is 0 Å². The average molecular weight is 526 g/mol. The summed E-state index contributed by atoms with van der Waals surface area (Å²) in [6, 6.07) is -0.666. The molecule has 2 amide bonds. The lowest BCUT2D eigenvalue weighted by molar-refractivity contribution is -0.111. The number of thioether (sulfide) groups is 1. The fourth-order valence-electron chi connectivity index (χ4n) is 3.30. The molecule has 2 aliphatic rings. The third-order valence-electron chi connectivity index (χ3n) is 5.26. The summed E-state index contributed by atoms with van der Waals surface area (Å²) in [7, 11) is 1.74. The number of hydrogen-bond acceptors (Lipinski definition) is 5. The Morgan fingerprint density at radius 1 is 1.43 bits per heavy atom. The summed E-state index contributed by atoms with van der Waals surface area (Å²) in [6.07, 6.45) is 1.58. The van der Waals surface area contributed by atoms with E-state index in [-0.39, 0.29) is 15.9 Å². The Balaban J connectivity index is 1.79. The van der Waals surface area contributed by atoms with Crippen LogP contribution in [0.15, 0.2) is 4.99 Å². The van der Waals surface area contributed by atoms with Crippen molar-refractivity contribution < 1.29 is 14.0 Å². The molecule has 9 heteroatoms. The van der Waals surface area contributed by atoms with Crippen LogP contribution in [-0.4, -0.2) is 81.4 Å². The zero-order valence-electron chi connectivity index (χ0n) is 17.2. The minimum absolute atomic E-state index is 0.0803. The lowest BCUT2D eigenvalue weighted by Crippen LogP contribution is -2.49. The first-order valence-corrected chi connectivity index (χ1v) is 12.0. The molecule has 2 aliphatic heterocycles. The second kappa shape index (κ2) is 10.6. The van der Waals surface area contributed by atoms with Gasteiger partial charge in [-0.25, -0.2) is 9.18 Å². The molecule has 0 spiro atoms. The molecule has 2 unspecified atom stereocenters. The third kappa shape index (κ3) is 7.44. The molecule has 1 fully saturated rings. The molecule has 0 saturated carbocycles. The van der Waals surface area contributed by atoms with E-state index < -0.39 is 11.7 Å². The average Bonchev–Trinajstić information content (AvgIpc) is 3.08. The van der Waals surface area contributed by atoms with Crippen molar-refractivity contribution in [2.45, 2.75) is 57.8 Å². The molecule has 2 heterocycles. The van der Waals surface area contributed by atoms with E-state index in [9.17, 15) is 14.0 Å². The third-order valence-corrected chi connectivity index (χ3v) is 7.44. The van der Waals surface area contributed by atoms with Crippen LogP contribution in [0.2, 0.25) is 0 Å². The molecule has 2 rings (SSSR count). The molecule has 0 aromatic heterocycles. The van der Waals surface area contributed by atoms with Gasteiger partial charge < -0.3 is 15.1 Å². The molecule has 2 atom stereocenters. The van der Waals surface area contributed by atoms with Crippen molar-refractivity contribution in [2.24, 2.45) is 10.9 Å². The Morgan fingerprint density at radius 2 is 2.07 bits per heavy atom. The number of amides is 2. The van der Waals surface area contributed by atoms with Crippen LogP contribution in [0.1, 0.15) is 40.0 Å². The monoisotopic (exact) mass is 526 g/mol. The Morgan fingerprint density at radius 3 is 2.61 bits per heavy atom. The molecule has 1 N–H and O–H groups in total. The summed E-state index contributed by atoms with van der Waals surface area (Å²) < 4.78 is 13.8. The van der Waals surface area contributed by atoms with Crippen LogP contribution < -0.4 is 5.32 Å². The van der Waals surface area contributed by atoms with E-state index in [4.69, 9.17) is 0 Å². The standard InChI is InChI=1S/C19H32FIN4O2S/c1-13(2)17-22-14(12-28-17)11-24(4)18(27)23-15(16(21)26)5-8-25-9-6-19(3,20)7-10-25/h13-15H,5-12H2,1-4H3,(H,23,27). The fraction of sp³-hybridized carbons (Fsp3) is 0.842. The highest BCUT2D eigenvalue weighted by Gasteiger charge is 2.30. The van der Waals surface area contributed by atoms with E-state index in [1.807, 2.05) is 0 Å². The van der Waals surface area contributed by atoms with Gasteiger partial charge in [0.05, 0.1) is 11.1 Å². The van der Waals surface area contributed by atoms with Gasteiger partial charge in [0.2, 0.25) is 3.79 Å². The number of halogens is 2. The minimum Gasteiger partial charge on any atom is -0.327 e. The van der Waals surface area contributed by atoms with Crippen molar-refractivity contribution in [1.29, 1.82) is 0 Å². The predicted molar refractivity (Wildman–Crippen MR) is 122 cm³/mol. The Labute approximate surface area is 185 Å². The maximum absolute atomic E-state index is 13.9. The number of nitrogens with zero attached hydrogens (tertiary/aromatic N) is 3. The lowest BCUT2D eigenvalue weighted by atomic mass is 9.95. The SMILES string of the molecule is CC(C)C1=NC(CN(C)C(=O)NC(CCN2CCC(C)(F)CC2)C(=O)I)CS1. The number of urea groups is 1. The molecular weight excluding hydrogens is 494 g/mol. The number of carbonyl (C=O) groups is 2. The number of alkyl halides is 1. The van der Waals surface area contributed by atoms with Crippen LogP contribution in [0.5, 0.6) is 0 Å². The molecule has 1 saturated heterocycles. The zero-order valence-corrected chi connectivity index (χ0v) is 20.2. The van der Waals surface area contributed by atoms with Gasteiger partial charge in [-0.3, -0.25) is 9.79 Å². The van der Waals surface area contributed by atoms with E-state index in [1.54, 1.807) is 53.2 Å². The van der Waals surface area contributed by atoms with Crippen LogP contribution in [0.4, 0.5) is 9.18 Å². The van der Waals surface area contributed by atoms with Gasteiger partial charge in [0.1, 0.15) is 11.7 Å². The number of hydrogen-bond donors (Lipinski definition) is 1. The number of aliphatic imine (C=N–C) groups is 1. The Hall–Kier alpha value is -0.420. The van der Waals surface area contributed by atoms with Crippen LogP contribution in [0.25, 0.3) is 0 Å². The van der Waals surface area contributed by atoms with Gasteiger partial charge in [0, 0.05) is 67.5 Å². The van der Waals surface area contributed by atoms with Crippen molar-refractivity contribution >= 4 is 49.2 Å². The molecule has 0 aliphatic carbocycles. The van der Waals surface area contributed by atoms with Crippen LogP contribution in [-0.2, 0) is 4.79 Å². The summed E-state index contributed by atoms with van der Waals surface area (Å²) in [5.41, 5.74) is -1.08. The lowest BCUT2D eigenvalue weighted by Gasteiger charge is -2.34. The Bertz CT molecular complexity index is 592. The van der Waals surface area contributed by atoms with Crippen LogP contribution in [0, 0.1) is 5.92 Å². The summed E-state index contributed by atoms with van der Waals surface area (Å²) in [5.74, 6) is 1.31. The summed E-state index contributed by atoms with van der Waals surface area (Å²) >= 11 is 3.50. The quantitative estimate of drug-likeness (QED) is 0.390. The van der Waals surface area contributed by atoms with Crippen LogP contribution in [0.3, 0.4) is 0 Å². The normalized spacial score (nSPS) is 23.4. The summed E-state index contributed by atoms with van der Waals surface area (Å²) in [6.45, 7) is 8.50. The number of rotatable bonds is 8. The second-order valence-corrected chi connectivity index (χ2v) is 10.4. The fourth-order valence-corrected chi connectivity index (χ4v) is 4.87. The van der Waals surface area contributed by atoms with E-state index in [1.165, 1.54) is 0 Å². The highest BCUT2D eigenvalue weighted by molar-refractivity contribution is 14.1. The summed E-state index contributed by atoms with van der Waals surface area (Å²) in [4.78, 5) is 33.0. The number of nitrogens with one attached hydrogen (secondary N) is 1. The maximum atomic E-state index is 13.9. The predicted octanol–water partition coefficient (Wildman–Crippen LogP) is 3.34. The molecule has 0 aromatic carbocycles. The van der Waals surface area contributed by atoms with Gasteiger partial charge in [-0.1, -0.05) is 13.8 Å². The molecule has 0 bridgehead atoms. The summed E-state index contributed by atoms with van der Waals surface area (Å²) in [5, 5.41) is 4.00. The largest absolute Gasteiger partial charge is 0.327 e. The smallest absolute Gasteiger partial charge is 0.317 e. The highest BCUT2D eigenvalue weighted by atomic mass is 127. The van der Waals surface area contributed by atoms with E-state index in [0.717, 1.165) is 10.8 Å². The molecule has 6 nitrogen and oxygen atoms in total. The first-order valence-electron chi connectivity index (χ1n) is 9.90. The van der Waals surface area contributed by atoms with E-state index in [2.05, 4.69) is 29.1 Å². The van der Waals surface area contributed by atoms with Crippen molar-refractivity contribution in [3.8, 4) is 0 Å². The first-order chi connectivity index (χ1) is 13.1. The van der Waals surface area contributed by atoms with E-state index in [0.29, 0.717) is 51.4 Å². The molecule has 160 valence electrons. The molecule has 0 aromatic rings. The van der Waals surface area contributed by atoms with Gasteiger partial charge in [-0.15, -0.1) is 11.8 Å².